The van der Waals surface area contributed by atoms with Crippen LogP contribution in [0.1, 0.15) is 5.56 Å². The van der Waals surface area contributed by atoms with Gasteiger partial charge in [-0.15, -0.1) is 6.58 Å². The van der Waals surface area contributed by atoms with Crippen LogP contribution in [0.4, 0.5) is 0 Å². The Hall–Kier alpha value is -2.81. The average molecular weight is 290 g/mol. The van der Waals surface area contributed by atoms with E-state index in [1.54, 1.807) is 7.11 Å². The quantitative estimate of drug-likeness (QED) is 0.656. The van der Waals surface area contributed by atoms with E-state index in [4.69, 9.17) is 4.74 Å². The summed E-state index contributed by atoms with van der Waals surface area (Å²) in [5, 5.41) is 4.67. The summed E-state index contributed by atoms with van der Waals surface area (Å²) in [6, 6.07) is 18.2. The van der Waals surface area contributed by atoms with Crippen LogP contribution in [-0.2, 0) is 6.42 Å². The van der Waals surface area contributed by atoms with Crippen molar-refractivity contribution in [3.05, 3.63) is 79.0 Å². The van der Waals surface area contributed by atoms with Crippen molar-refractivity contribution < 1.29 is 4.74 Å². The lowest BCUT2D eigenvalue weighted by Crippen LogP contribution is -1.95. The summed E-state index contributed by atoms with van der Waals surface area (Å²) in [7, 11) is 1.68. The molecule has 0 N–H and O–H groups in total. The summed E-state index contributed by atoms with van der Waals surface area (Å²) in [5.74, 6) is 0.825. The van der Waals surface area contributed by atoms with Crippen molar-refractivity contribution in [3.63, 3.8) is 0 Å². The minimum absolute atomic E-state index is 0.825. The van der Waals surface area contributed by atoms with E-state index in [9.17, 15) is 0 Å². The van der Waals surface area contributed by atoms with Crippen LogP contribution in [-0.4, -0.2) is 16.9 Å². The van der Waals surface area contributed by atoms with Gasteiger partial charge in [0.05, 0.1) is 18.5 Å². The molecule has 0 unspecified atom stereocenters. The molecule has 1 aromatic heterocycles. The standard InChI is InChI=1S/C19H18N2O/c1-3-7-15-10-11-19(22-2)17(14-15)18-12-13-21(20-18)16-8-5-4-6-9-16/h3-6,8-14H,1,7H2,2H3. The molecule has 0 bridgehead atoms. The van der Waals surface area contributed by atoms with Gasteiger partial charge in [-0.05, 0) is 42.3 Å². The molecule has 3 aromatic rings. The van der Waals surface area contributed by atoms with Gasteiger partial charge in [-0.1, -0.05) is 30.3 Å². The van der Waals surface area contributed by atoms with Crippen LogP contribution in [0.3, 0.4) is 0 Å². The largest absolute Gasteiger partial charge is 0.496 e. The molecule has 0 aliphatic rings. The molecule has 0 amide bonds. The van der Waals surface area contributed by atoms with Crippen LogP contribution in [0, 0.1) is 0 Å². The molecule has 0 radical (unpaired) electrons. The van der Waals surface area contributed by atoms with Gasteiger partial charge < -0.3 is 4.74 Å². The van der Waals surface area contributed by atoms with E-state index in [1.165, 1.54) is 5.56 Å². The average Bonchev–Trinajstić information content (AvgIpc) is 3.06. The highest BCUT2D eigenvalue weighted by Gasteiger charge is 2.10. The maximum atomic E-state index is 5.47. The number of hydrogen-bond acceptors (Lipinski definition) is 2. The topological polar surface area (TPSA) is 27.1 Å². The zero-order valence-corrected chi connectivity index (χ0v) is 12.6. The second kappa shape index (κ2) is 6.31. The molecule has 0 atom stereocenters. The van der Waals surface area contributed by atoms with Gasteiger partial charge in [0, 0.05) is 11.8 Å². The highest BCUT2D eigenvalue weighted by atomic mass is 16.5. The van der Waals surface area contributed by atoms with E-state index in [-0.39, 0.29) is 0 Å². The lowest BCUT2D eigenvalue weighted by atomic mass is 10.0. The second-order valence-corrected chi connectivity index (χ2v) is 5.01. The summed E-state index contributed by atoms with van der Waals surface area (Å²) < 4.78 is 7.34. The first-order valence-corrected chi connectivity index (χ1v) is 7.21. The lowest BCUT2D eigenvalue weighted by Gasteiger charge is -2.08. The van der Waals surface area contributed by atoms with Gasteiger partial charge in [0.1, 0.15) is 5.75 Å². The molecule has 0 fully saturated rings. The first-order valence-electron chi connectivity index (χ1n) is 7.21. The summed E-state index contributed by atoms with van der Waals surface area (Å²) in [6.07, 6.45) is 4.69. The Bertz CT molecular complexity index is 775. The smallest absolute Gasteiger partial charge is 0.128 e. The van der Waals surface area contributed by atoms with E-state index in [0.29, 0.717) is 0 Å². The Morgan fingerprint density at radius 2 is 1.95 bits per heavy atom. The number of benzene rings is 2. The zero-order chi connectivity index (χ0) is 15.4. The maximum absolute atomic E-state index is 5.47. The van der Waals surface area contributed by atoms with Gasteiger partial charge in [0.15, 0.2) is 0 Å². The van der Waals surface area contributed by atoms with Crippen LogP contribution in [0.2, 0.25) is 0 Å². The van der Waals surface area contributed by atoms with Crippen molar-refractivity contribution in [3.8, 4) is 22.7 Å². The molecule has 110 valence electrons. The SMILES string of the molecule is C=CCc1ccc(OC)c(-c2ccn(-c3ccccc3)n2)c1. The molecule has 0 spiro atoms. The van der Waals surface area contributed by atoms with Crippen LogP contribution >= 0.6 is 0 Å². The van der Waals surface area contributed by atoms with Crippen molar-refractivity contribution in [2.24, 2.45) is 0 Å². The van der Waals surface area contributed by atoms with E-state index in [0.717, 1.165) is 29.1 Å². The molecule has 0 aliphatic heterocycles. The normalized spacial score (nSPS) is 10.4. The lowest BCUT2D eigenvalue weighted by molar-refractivity contribution is 0.416. The van der Waals surface area contributed by atoms with E-state index >= 15 is 0 Å². The zero-order valence-electron chi connectivity index (χ0n) is 12.6. The number of para-hydroxylation sites is 1. The van der Waals surface area contributed by atoms with E-state index < -0.39 is 0 Å². The Morgan fingerprint density at radius 3 is 2.68 bits per heavy atom. The van der Waals surface area contributed by atoms with Gasteiger partial charge in [-0.3, -0.25) is 0 Å². The Morgan fingerprint density at radius 1 is 1.14 bits per heavy atom. The minimum Gasteiger partial charge on any atom is -0.496 e. The molecule has 3 nitrogen and oxygen atoms in total. The molecular weight excluding hydrogens is 272 g/mol. The highest BCUT2D eigenvalue weighted by Crippen LogP contribution is 2.30. The summed E-state index contributed by atoms with van der Waals surface area (Å²) >= 11 is 0. The van der Waals surface area contributed by atoms with Gasteiger partial charge in [-0.2, -0.15) is 5.10 Å². The van der Waals surface area contributed by atoms with Crippen LogP contribution in [0.5, 0.6) is 5.75 Å². The van der Waals surface area contributed by atoms with Crippen molar-refractivity contribution >= 4 is 0 Å². The van der Waals surface area contributed by atoms with Gasteiger partial charge in [-0.25, -0.2) is 4.68 Å². The molecule has 2 aromatic carbocycles. The molecule has 0 saturated heterocycles. The van der Waals surface area contributed by atoms with E-state index in [1.807, 2.05) is 59.4 Å². The molecule has 22 heavy (non-hydrogen) atoms. The third kappa shape index (κ3) is 2.79. The molecule has 3 heteroatoms. The van der Waals surface area contributed by atoms with Crippen molar-refractivity contribution in [1.82, 2.24) is 9.78 Å². The Labute approximate surface area is 130 Å². The predicted octanol–water partition coefficient (Wildman–Crippen LogP) is 4.28. The molecule has 1 heterocycles. The minimum atomic E-state index is 0.825. The van der Waals surface area contributed by atoms with Crippen molar-refractivity contribution in [2.45, 2.75) is 6.42 Å². The van der Waals surface area contributed by atoms with Crippen LogP contribution in [0.15, 0.2) is 73.4 Å². The van der Waals surface area contributed by atoms with Crippen molar-refractivity contribution in [1.29, 1.82) is 0 Å². The van der Waals surface area contributed by atoms with Gasteiger partial charge >= 0.3 is 0 Å². The number of nitrogens with zero attached hydrogens (tertiary/aromatic N) is 2. The summed E-state index contributed by atoms with van der Waals surface area (Å²) in [4.78, 5) is 0. The monoisotopic (exact) mass is 290 g/mol. The number of ether oxygens (including phenoxy) is 1. The second-order valence-electron chi connectivity index (χ2n) is 5.01. The Kier molecular flexibility index (Phi) is 4.05. The van der Waals surface area contributed by atoms with Gasteiger partial charge in [0.2, 0.25) is 0 Å². The first kappa shape index (κ1) is 14.1. The van der Waals surface area contributed by atoms with Crippen LogP contribution < -0.4 is 4.74 Å². The van der Waals surface area contributed by atoms with Gasteiger partial charge in [0.25, 0.3) is 0 Å². The number of aromatic nitrogens is 2. The van der Waals surface area contributed by atoms with Crippen LogP contribution in [0.25, 0.3) is 16.9 Å². The Balaban J connectivity index is 2.02. The van der Waals surface area contributed by atoms with E-state index in [2.05, 4.69) is 23.8 Å². The molecule has 3 rings (SSSR count). The molecular formula is C19H18N2O. The van der Waals surface area contributed by atoms with Crippen molar-refractivity contribution in [2.75, 3.05) is 7.11 Å². The fourth-order valence-corrected chi connectivity index (χ4v) is 2.44. The third-order valence-corrected chi connectivity index (χ3v) is 3.53. The fourth-order valence-electron chi connectivity index (χ4n) is 2.44. The highest BCUT2D eigenvalue weighted by molar-refractivity contribution is 5.68. The fraction of sp³-hybridized carbons (Fsp3) is 0.105. The summed E-state index contributed by atoms with van der Waals surface area (Å²) in [6.45, 7) is 3.79. The number of hydrogen-bond donors (Lipinski definition) is 0. The maximum Gasteiger partial charge on any atom is 0.128 e. The third-order valence-electron chi connectivity index (χ3n) is 3.53. The summed E-state index contributed by atoms with van der Waals surface area (Å²) in [5.41, 5.74) is 4.12. The number of rotatable bonds is 5. The number of allylic oxidation sites excluding steroid dienone is 1. The first-order chi connectivity index (χ1) is 10.8. The molecule has 0 saturated carbocycles. The predicted molar refractivity (Wildman–Crippen MR) is 89.5 cm³/mol. The number of methoxy groups -OCH3 is 1. The molecule has 0 aliphatic carbocycles.